The van der Waals surface area contributed by atoms with Crippen LogP contribution in [0.15, 0.2) is 43.1 Å². The van der Waals surface area contributed by atoms with Gasteiger partial charge in [-0.05, 0) is 36.1 Å². The van der Waals surface area contributed by atoms with Crippen molar-refractivity contribution in [3.05, 3.63) is 81.2 Å². The molecule has 5 nitrogen and oxygen atoms in total. The SMILES string of the molecule is C=C(c1ccccc1)c1c(Cl)nc(N)nc1N(C)Cc1ncc(C)c(Cl)c1C. The van der Waals surface area contributed by atoms with Crippen molar-refractivity contribution in [3.63, 3.8) is 0 Å². The van der Waals surface area contributed by atoms with Gasteiger partial charge in [0, 0.05) is 18.3 Å². The molecule has 7 heteroatoms. The summed E-state index contributed by atoms with van der Waals surface area (Å²) in [7, 11) is 1.90. The molecule has 0 unspecified atom stereocenters. The van der Waals surface area contributed by atoms with E-state index in [1.54, 1.807) is 6.20 Å². The number of nitrogens with two attached hydrogens (primary N) is 1. The van der Waals surface area contributed by atoms with Crippen molar-refractivity contribution in [3.8, 4) is 0 Å². The van der Waals surface area contributed by atoms with Crippen LogP contribution >= 0.6 is 23.2 Å². The number of pyridine rings is 1. The molecule has 0 amide bonds. The van der Waals surface area contributed by atoms with E-state index in [1.165, 1.54) is 0 Å². The van der Waals surface area contributed by atoms with Crippen LogP contribution in [0.3, 0.4) is 0 Å². The fraction of sp³-hybridized carbons (Fsp3) is 0.190. The highest BCUT2D eigenvalue weighted by Gasteiger charge is 2.20. The Labute approximate surface area is 174 Å². The van der Waals surface area contributed by atoms with Crippen LogP contribution in [-0.2, 0) is 6.54 Å². The summed E-state index contributed by atoms with van der Waals surface area (Å²) in [6.07, 6.45) is 1.77. The molecular formula is C21H21Cl2N5. The summed E-state index contributed by atoms with van der Waals surface area (Å²) in [6.45, 7) is 8.58. The number of aryl methyl sites for hydroxylation is 1. The van der Waals surface area contributed by atoms with Crippen LogP contribution in [0.4, 0.5) is 11.8 Å². The zero-order valence-corrected chi connectivity index (χ0v) is 17.5. The number of aromatic nitrogens is 3. The Balaban J connectivity index is 2.04. The molecule has 28 heavy (non-hydrogen) atoms. The molecule has 0 aliphatic rings. The predicted molar refractivity (Wildman–Crippen MR) is 117 cm³/mol. The third-order valence-electron chi connectivity index (χ3n) is 4.56. The molecule has 2 heterocycles. The summed E-state index contributed by atoms with van der Waals surface area (Å²) in [5.74, 6) is 0.687. The molecule has 0 aliphatic carbocycles. The normalized spacial score (nSPS) is 10.8. The third-order valence-corrected chi connectivity index (χ3v) is 5.41. The Hall–Kier alpha value is -2.63. The number of anilines is 2. The quantitative estimate of drug-likeness (QED) is 0.590. The van der Waals surface area contributed by atoms with Gasteiger partial charge in [0.25, 0.3) is 0 Å². The molecule has 3 aromatic rings. The molecule has 0 fully saturated rings. The van der Waals surface area contributed by atoms with Crippen LogP contribution in [0.25, 0.3) is 5.57 Å². The zero-order valence-electron chi connectivity index (χ0n) is 16.0. The Kier molecular flexibility index (Phi) is 5.87. The van der Waals surface area contributed by atoms with Gasteiger partial charge in [0.15, 0.2) is 0 Å². The largest absolute Gasteiger partial charge is 0.368 e. The van der Waals surface area contributed by atoms with Crippen molar-refractivity contribution in [2.75, 3.05) is 17.7 Å². The second-order valence-electron chi connectivity index (χ2n) is 6.60. The van der Waals surface area contributed by atoms with Gasteiger partial charge >= 0.3 is 0 Å². The summed E-state index contributed by atoms with van der Waals surface area (Å²) in [5.41, 5.74) is 10.9. The highest BCUT2D eigenvalue weighted by molar-refractivity contribution is 6.32. The molecule has 144 valence electrons. The summed E-state index contributed by atoms with van der Waals surface area (Å²) < 4.78 is 0. The van der Waals surface area contributed by atoms with Gasteiger partial charge in [-0.1, -0.05) is 60.1 Å². The molecule has 2 N–H and O–H groups in total. The van der Waals surface area contributed by atoms with Crippen LogP contribution in [0, 0.1) is 13.8 Å². The van der Waals surface area contributed by atoms with Gasteiger partial charge in [-0.25, -0.2) is 4.98 Å². The Bertz CT molecular complexity index is 1030. The van der Waals surface area contributed by atoms with E-state index < -0.39 is 0 Å². The minimum Gasteiger partial charge on any atom is -0.368 e. The minimum atomic E-state index is 0.100. The maximum Gasteiger partial charge on any atom is 0.223 e. The molecule has 2 aromatic heterocycles. The van der Waals surface area contributed by atoms with E-state index in [1.807, 2.05) is 56.1 Å². The van der Waals surface area contributed by atoms with Crippen molar-refractivity contribution in [2.24, 2.45) is 0 Å². The van der Waals surface area contributed by atoms with Crippen LogP contribution in [-0.4, -0.2) is 22.0 Å². The highest BCUT2D eigenvalue weighted by Crippen LogP contribution is 2.35. The molecular weight excluding hydrogens is 393 g/mol. The lowest BCUT2D eigenvalue weighted by atomic mass is 10.0. The molecule has 3 rings (SSSR count). The van der Waals surface area contributed by atoms with Gasteiger partial charge in [-0.2, -0.15) is 4.98 Å². The van der Waals surface area contributed by atoms with E-state index in [-0.39, 0.29) is 11.1 Å². The molecule has 0 saturated heterocycles. The highest BCUT2D eigenvalue weighted by atomic mass is 35.5. The average Bonchev–Trinajstić information content (AvgIpc) is 2.68. The minimum absolute atomic E-state index is 0.100. The Morgan fingerprint density at radius 3 is 2.50 bits per heavy atom. The Morgan fingerprint density at radius 2 is 1.82 bits per heavy atom. The molecule has 0 radical (unpaired) electrons. The lowest BCUT2D eigenvalue weighted by Gasteiger charge is -2.23. The fourth-order valence-electron chi connectivity index (χ4n) is 2.97. The van der Waals surface area contributed by atoms with Crippen LogP contribution < -0.4 is 10.6 Å². The van der Waals surface area contributed by atoms with Crippen LogP contribution in [0.2, 0.25) is 10.2 Å². The summed E-state index contributed by atoms with van der Waals surface area (Å²) in [5, 5.41) is 0.974. The van der Waals surface area contributed by atoms with E-state index >= 15 is 0 Å². The fourth-order valence-corrected chi connectivity index (χ4v) is 3.41. The van der Waals surface area contributed by atoms with Gasteiger partial charge in [0.1, 0.15) is 11.0 Å². The van der Waals surface area contributed by atoms with E-state index in [0.29, 0.717) is 22.9 Å². The third kappa shape index (κ3) is 3.96. The Morgan fingerprint density at radius 1 is 1.14 bits per heavy atom. The number of nitrogen functional groups attached to an aromatic ring is 1. The van der Waals surface area contributed by atoms with Crippen molar-refractivity contribution in [1.29, 1.82) is 0 Å². The van der Waals surface area contributed by atoms with Crippen molar-refractivity contribution in [2.45, 2.75) is 20.4 Å². The molecule has 0 bridgehead atoms. The van der Waals surface area contributed by atoms with Crippen molar-refractivity contribution >= 4 is 40.5 Å². The van der Waals surface area contributed by atoms with Gasteiger partial charge in [-0.3, -0.25) is 4.98 Å². The number of benzene rings is 1. The summed E-state index contributed by atoms with van der Waals surface area (Å²) in [6, 6.07) is 9.75. The maximum atomic E-state index is 6.45. The lowest BCUT2D eigenvalue weighted by molar-refractivity contribution is 0.850. The molecule has 0 spiro atoms. The second kappa shape index (κ2) is 8.17. The van der Waals surface area contributed by atoms with Gasteiger partial charge in [0.05, 0.1) is 17.8 Å². The molecule has 0 atom stereocenters. The van der Waals surface area contributed by atoms with E-state index in [0.717, 1.165) is 28.0 Å². The van der Waals surface area contributed by atoms with Crippen LogP contribution in [0.1, 0.15) is 27.9 Å². The number of hydrogen-bond donors (Lipinski definition) is 1. The number of hydrogen-bond acceptors (Lipinski definition) is 5. The van der Waals surface area contributed by atoms with E-state index in [9.17, 15) is 0 Å². The van der Waals surface area contributed by atoms with Crippen molar-refractivity contribution < 1.29 is 0 Å². The van der Waals surface area contributed by atoms with Gasteiger partial charge in [0.2, 0.25) is 5.95 Å². The van der Waals surface area contributed by atoms with E-state index in [2.05, 4.69) is 21.5 Å². The number of nitrogens with zero attached hydrogens (tertiary/aromatic N) is 4. The number of halogens is 2. The standard InChI is InChI=1S/C21H21Cl2N5/c1-12-10-25-16(14(3)18(12)22)11-28(4)20-17(19(23)26-21(24)27-20)13(2)15-8-6-5-7-9-15/h5-10H,2,11H2,1,3-4H3,(H2,24,26,27). The van der Waals surface area contributed by atoms with E-state index in [4.69, 9.17) is 28.9 Å². The zero-order chi connectivity index (χ0) is 20.4. The second-order valence-corrected chi connectivity index (χ2v) is 7.33. The first-order chi connectivity index (χ1) is 13.3. The summed E-state index contributed by atoms with van der Waals surface area (Å²) in [4.78, 5) is 15.0. The monoisotopic (exact) mass is 413 g/mol. The lowest BCUT2D eigenvalue weighted by Crippen LogP contribution is -2.22. The molecule has 1 aromatic carbocycles. The average molecular weight is 414 g/mol. The smallest absolute Gasteiger partial charge is 0.223 e. The van der Waals surface area contributed by atoms with Gasteiger partial charge in [-0.15, -0.1) is 0 Å². The summed E-state index contributed by atoms with van der Waals surface area (Å²) >= 11 is 12.8. The molecule has 0 saturated carbocycles. The van der Waals surface area contributed by atoms with Crippen molar-refractivity contribution in [1.82, 2.24) is 15.0 Å². The molecule has 0 aliphatic heterocycles. The predicted octanol–water partition coefficient (Wildman–Crippen LogP) is 5.08. The number of rotatable bonds is 5. The first-order valence-electron chi connectivity index (χ1n) is 8.69. The first kappa shape index (κ1) is 20.1. The maximum absolute atomic E-state index is 6.45. The van der Waals surface area contributed by atoms with Crippen LogP contribution in [0.5, 0.6) is 0 Å². The van der Waals surface area contributed by atoms with Gasteiger partial charge < -0.3 is 10.6 Å². The first-order valence-corrected chi connectivity index (χ1v) is 9.44. The topological polar surface area (TPSA) is 67.9 Å².